The third-order valence-electron chi connectivity index (χ3n) is 2.64. The van der Waals surface area contributed by atoms with Crippen molar-refractivity contribution in [2.24, 2.45) is 5.14 Å². The monoisotopic (exact) mass is 380 g/mol. The van der Waals surface area contributed by atoms with Crippen molar-refractivity contribution in [3.05, 3.63) is 52.5 Å². The molecule has 0 aromatic heterocycles. The van der Waals surface area contributed by atoms with Crippen LogP contribution in [0.5, 0.6) is 0 Å². The van der Waals surface area contributed by atoms with Crippen LogP contribution in [-0.4, -0.2) is 16.8 Å². The molecule has 22 heavy (non-hydrogen) atoms. The van der Waals surface area contributed by atoms with Gasteiger partial charge in [0, 0.05) is 0 Å². The lowest BCUT2D eigenvalue weighted by atomic mass is 10.3. The molecule has 0 aliphatic carbocycles. The Hall–Kier alpha value is -1.32. The van der Waals surface area contributed by atoms with Crippen molar-refractivity contribution in [2.45, 2.75) is 9.79 Å². The largest absolute Gasteiger partial charge is 0.278 e. The SMILES string of the molecule is NS(=O)(=O)c1ccccc1NS(=O)(=O)c1ccc(Cl)c(Cl)c1. The van der Waals surface area contributed by atoms with Gasteiger partial charge < -0.3 is 0 Å². The highest BCUT2D eigenvalue weighted by atomic mass is 35.5. The lowest BCUT2D eigenvalue weighted by Crippen LogP contribution is -2.18. The summed E-state index contributed by atoms with van der Waals surface area (Å²) in [7, 11) is -8.13. The Morgan fingerprint density at radius 1 is 0.909 bits per heavy atom. The van der Waals surface area contributed by atoms with Crippen LogP contribution in [-0.2, 0) is 20.0 Å². The van der Waals surface area contributed by atoms with Gasteiger partial charge in [-0.3, -0.25) is 4.72 Å². The van der Waals surface area contributed by atoms with E-state index in [1.165, 1.54) is 36.4 Å². The van der Waals surface area contributed by atoms with E-state index >= 15 is 0 Å². The number of halogens is 2. The van der Waals surface area contributed by atoms with E-state index in [1.807, 2.05) is 0 Å². The summed E-state index contributed by atoms with van der Waals surface area (Å²) in [6.45, 7) is 0. The van der Waals surface area contributed by atoms with E-state index in [1.54, 1.807) is 0 Å². The zero-order valence-corrected chi connectivity index (χ0v) is 14.0. The molecule has 118 valence electrons. The first-order valence-electron chi connectivity index (χ1n) is 5.71. The van der Waals surface area contributed by atoms with Crippen LogP contribution < -0.4 is 9.86 Å². The Morgan fingerprint density at radius 3 is 2.14 bits per heavy atom. The average molecular weight is 381 g/mol. The maximum atomic E-state index is 12.3. The molecule has 0 saturated carbocycles. The Kier molecular flexibility index (Phi) is 4.69. The Labute approximate surface area is 138 Å². The van der Waals surface area contributed by atoms with Gasteiger partial charge in [-0.1, -0.05) is 35.3 Å². The van der Waals surface area contributed by atoms with E-state index in [4.69, 9.17) is 28.3 Å². The molecule has 0 atom stereocenters. The first-order valence-corrected chi connectivity index (χ1v) is 9.49. The molecule has 0 heterocycles. The van der Waals surface area contributed by atoms with Gasteiger partial charge in [0.25, 0.3) is 10.0 Å². The van der Waals surface area contributed by atoms with Crippen molar-refractivity contribution in [3.8, 4) is 0 Å². The summed E-state index contributed by atoms with van der Waals surface area (Å²) in [6, 6.07) is 9.11. The summed E-state index contributed by atoms with van der Waals surface area (Å²) < 4.78 is 49.7. The molecule has 2 aromatic rings. The van der Waals surface area contributed by atoms with Gasteiger partial charge in [-0.15, -0.1) is 0 Å². The van der Waals surface area contributed by atoms with Crippen molar-refractivity contribution in [1.29, 1.82) is 0 Å². The van der Waals surface area contributed by atoms with Crippen LogP contribution in [0.25, 0.3) is 0 Å². The van der Waals surface area contributed by atoms with Crippen LogP contribution in [0, 0.1) is 0 Å². The molecule has 0 fully saturated rings. The second kappa shape index (κ2) is 6.05. The van der Waals surface area contributed by atoms with E-state index in [-0.39, 0.29) is 25.5 Å². The molecule has 0 aliphatic heterocycles. The number of nitrogens with one attached hydrogen (secondary N) is 1. The van der Waals surface area contributed by atoms with Crippen LogP contribution in [0.4, 0.5) is 5.69 Å². The molecule has 10 heteroatoms. The van der Waals surface area contributed by atoms with Crippen LogP contribution in [0.2, 0.25) is 10.0 Å². The molecule has 2 rings (SSSR count). The van der Waals surface area contributed by atoms with Gasteiger partial charge in [-0.2, -0.15) is 0 Å². The molecular formula is C12H10Cl2N2O4S2. The molecule has 0 spiro atoms. The van der Waals surface area contributed by atoms with Crippen LogP contribution in [0.3, 0.4) is 0 Å². The van der Waals surface area contributed by atoms with E-state index < -0.39 is 20.0 Å². The Bertz CT molecular complexity index is 928. The molecule has 6 nitrogen and oxygen atoms in total. The van der Waals surface area contributed by atoms with Crippen LogP contribution in [0.1, 0.15) is 0 Å². The fourth-order valence-corrected chi connectivity index (χ4v) is 3.87. The molecule has 0 radical (unpaired) electrons. The molecule has 0 unspecified atom stereocenters. The second-order valence-corrected chi connectivity index (χ2v) is 8.25. The third kappa shape index (κ3) is 3.71. The van der Waals surface area contributed by atoms with Crippen molar-refractivity contribution in [1.82, 2.24) is 0 Å². The number of para-hydroxylation sites is 1. The summed E-state index contributed by atoms with van der Waals surface area (Å²) in [4.78, 5) is -0.496. The molecule has 0 bridgehead atoms. The third-order valence-corrected chi connectivity index (χ3v) is 5.71. The minimum Gasteiger partial charge on any atom is -0.278 e. The van der Waals surface area contributed by atoms with Gasteiger partial charge in [-0.25, -0.2) is 22.0 Å². The second-order valence-electron chi connectivity index (χ2n) is 4.22. The predicted molar refractivity (Wildman–Crippen MR) is 85.1 cm³/mol. The van der Waals surface area contributed by atoms with E-state index in [2.05, 4.69) is 4.72 Å². The van der Waals surface area contributed by atoms with Gasteiger partial charge in [0.2, 0.25) is 10.0 Å². The summed E-state index contributed by atoms with van der Waals surface area (Å²) in [6.07, 6.45) is 0. The predicted octanol–water partition coefficient (Wildman–Crippen LogP) is 2.44. The maximum Gasteiger partial charge on any atom is 0.261 e. The van der Waals surface area contributed by atoms with Crippen molar-refractivity contribution in [2.75, 3.05) is 4.72 Å². The summed E-state index contributed by atoms with van der Waals surface area (Å²) in [5.41, 5.74) is -0.156. The fraction of sp³-hybridized carbons (Fsp3) is 0. The Balaban J connectivity index is 2.48. The number of hydrogen-bond acceptors (Lipinski definition) is 4. The zero-order chi connectivity index (χ0) is 16.5. The topological polar surface area (TPSA) is 106 Å². The fourth-order valence-electron chi connectivity index (χ4n) is 1.65. The molecule has 0 amide bonds. The summed E-state index contributed by atoms with van der Waals surface area (Å²) >= 11 is 11.5. The number of primary sulfonamides is 1. The minimum atomic E-state index is -4.08. The van der Waals surface area contributed by atoms with Crippen LogP contribution >= 0.6 is 23.2 Å². The first kappa shape index (κ1) is 17.0. The number of hydrogen-bond donors (Lipinski definition) is 2. The smallest absolute Gasteiger partial charge is 0.261 e. The number of anilines is 1. The first-order chi connectivity index (χ1) is 10.1. The van der Waals surface area contributed by atoms with Gasteiger partial charge in [0.1, 0.15) is 4.90 Å². The normalized spacial score (nSPS) is 12.1. The highest BCUT2D eigenvalue weighted by molar-refractivity contribution is 7.93. The highest BCUT2D eigenvalue weighted by Crippen LogP contribution is 2.27. The number of rotatable bonds is 4. The minimum absolute atomic E-state index is 0.0595. The maximum absolute atomic E-state index is 12.3. The van der Waals surface area contributed by atoms with Crippen LogP contribution in [0.15, 0.2) is 52.3 Å². The van der Waals surface area contributed by atoms with E-state index in [0.29, 0.717) is 0 Å². The van der Waals surface area contributed by atoms with Gasteiger partial charge >= 0.3 is 0 Å². The van der Waals surface area contributed by atoms with Gasteiger partial charge in [0.15, 0.2) is 0 Å². The van der Waals surface area contributed by atoms with Crippen molar-refractivity contribution >= 4 is 48.9 Å². The van der Waals surface area contributed by atoms with Crippen molar-refractivity contribution < 1.29 is 16.8 Å². The molecular weight excluding hydrogens is 371 g/mol. The zero-order valence-electron chi connectivity index (χ0n) is 10.8. The molecule has 0 saturated heterocycles. The van der Waals surface area contributed by atoms with E-state index in [9.17, 15) is 16.8 Å². The van der Waals surface area contributed by atoms with E-state index in [0.717, 1.165) is 6.07 Å². The van der Waals surface area contributed by atoms with Gasteiger partial charge in [-0.05, 0) is 30.3 Å². The molecule has 2 aromatic carbocycles. The standard InChI is InChI=1S/C12H10Cl2N2O4S2/c13-9-6-5-8(7-10(9)14)22(19,20)16-11-3-1-2-4-12(11)21(15,17)18/h1-7,16H,(H2,15,17,18). The molecule has 0 aliphatic rings. The summed E-state index contributed by atoms with van der Waals surface area (Å²) in [5.74, 6) is 0. The number of nitrogens with two attached hydrogens (primary N) is 1. The Morgan fingerprint density at radius 2 is 1.55 bits per heavy atom. The van der Waals surface area contributed by atoms with Gasteiger partial charge in [0.05, 0.1) is 20.6 Å². The molecule has 3 N–H and O–H groups in total. The lowest BCUT2D eigenvalue weighted by Gasteiger charge is -2.11. The highest BCUT2D eigenvalue weighted by Gasteiger charge is 2.20. The van der Waals surface area contributed by atoms with Crippen molar-refractivity contribution in [3.63, 3.8) is 0 Å². The number of sulfonamides is 2. The quantitative estimate of drug-likeness (QED) is 0.848. The summed E-state index contributed by atoms with van der Waals surface area (Å²) in [5, 5.41) is 5.32. The average Bonchev–Trinajstić information content (AvgIpc) is 2.40. The number of benzene rings is 2. The lowest BCUT2D eigenvalue weighted by molar-refractivity contribution is 0.598.